The van der Waals surface area contributed by atoms with Gasteiger partial charge in [0.15, 0.2) is 0 Å². The summed E-state index contributed by atoms with van der Waals surface area (Å²) in [6, 6.07) is 11.1. The van der Waals surface area contributed by atoms with Crippen LogP contribution in [0.2, 0.25) is 0 Å². The zero-order valence-electron chi connectivity index (χ0n) is 13.5. The average molecular weight is 318 g/mol. The molecule has 6 heteroatoms. The summed E-state index contributed by atoms with van der Waals surface area (Å²) in [4.78, 5) is 14.0. The van der Waals surface area contributed by atoms with E-state index in [1.54, 1.807) is 31.4 Å². The van der Waals surface area contributed by atoms with Crippen molar-refractivity contribution < 1.29 is 18.7 Å². The zero-order valence-corrected chi connectivity index (χ0v) is 13.5. The lowest BCUT2D eigenvalue weighted by atomic mass is 10.2. The van der Waals surface area contributed by atoms with Crippen molar-refractivity contribution in [2.75, 3.05) is 27.4 Å². The van der Waals surface area contributed by atoms with E-state index in [0.29, 0.717) is 26.2 Å². The van der Waals surface area contributed by atoms with Crippen LogP contribution in [0, 0.1) is 0 Å². The summed E-state index contributed by atoms with van der Waals surface area (Å²) >= 11 is 0. The molecule has 1 aromatic heterocycles. The molecule has 0 bridgehead atoms. The molecule has 6 nitrogen and oxygen atoms in total. The lowest BCUT2D eigenvalue weighted by Gasteiger charge is -2.22. The fourth-order valence-corrected chi connectivity index (χ4v) is 2.12. The molecule has 0 aliphatic heterocycles. The molecule has 2 amide bonds. The lowest BCUT2D eigenvalue weighted by Crippen LogP contribution is -2.40. The number of hydrogen-bond acceptors (Lipinski definition) is 4. The molecule has 0 unspecified atom stereocenters. The number of carbonyl (C=O) groups excluding carboxylic acids is 1. The maximum absolute atomic E-state index is 12.4. The van der Waals surface area contributed by atoms with Crippen LogP contribution in [0.4, 0.5) is 4.79 Å². The van der Waals surface area contributed by atoms with E-state index in [1.165, 1.54) is 0 Å². The summed E-state index contributed by atoms with van der Waals surface area (Å²) in [5.41, 5.74) is 0.974. The van der Waals surface area contributed by atoms with E-state index in [-0.39, 0.29) is 6.03 Å². The molecule has 0 saturated carbocycles. The highest BCUT2D eigenvalue weighted by Gasteiger charge is 2.14. The summed E-state index contributed by atoms with van der Waals surface area (Å²) < 4.78 is 15.6. The smallest absolute Gasteiger partial charge is 0.318 e. The Labute approximate surface area is 136 Å². The molecule has 124 valence electrons. The highest BCUT2D eigenvalue weighted by molar-refractivity contribution is 5.74. The van der Waals surface area contributed by atoms with Gasteiger partial charge in [0.1, 0.15) is 11.5 Å². The largest absolute Gasteiger partial charge is 0.497 e. The third-order valence-corrected chi connectivity index (χ3v) is 3.36. The first-order chi connectivity index (χ1) is 11.2. The Hall–Kier alpha value is -2.47. The van der Waals surface area contributed by atoms with Gasteiger partial charge in [0, 0.05) is 20.2 Å². The lowest BCUT2D eigenvalue weighted by molar-refractivity contribution is 0.142. The fraction of sp³-hybridized carbons (Fsp3) is 0.353. The molecule has 0 aliphatic rings. The monoisotopic (exact) mass is 318 g/mol. The van der Waals surface area contributed by atoms with Gasteiger partial charge in [0.2, 0.25) is 0 Å². The van der Waals surface area contributed by atoms with Gasteiger partial charge in [-0.3, -0.25) is 0 Å². The second kappa shape index (κ2) is 8.85. The molecule has 1 aromatic carbocycles. The van der Waals surface area contributed by atoms with E-state index < -0.39 is 0 Å². The Morgan fingerprint density at radius 1 is 1.26 bits per heavy atom. The van der Waals surface area contributed by atoms with Gasteiger partial charge in [-0.1, -0.05) is 12.1 Å². The zero-order chi connectivity index (χ0) is 16.5. The minimum Gasteiger partial charge on any atom is -0.497 e. The first kappa shape index (κ1) is 16.9. The molecule has 0 radical (unpaired) electrons. The number of ether oxygens (including phenoxy) is 2. The van der Waals surface area contributed by atoms with E-state index in [4.69, 9.17) is 13.9 Å². The number of rotatable bonds is 8. The normalized spacial score (nSPS) is 10.3. The number of nitrogens with zero attached hydrogens (tertiary/aromatic N) is 1. The van der Waals surface area contributed by atoms with Gasteiger partial charge in [-0.25, -0.2) is 4.79 Å². The molecule has 2 rings (SSSR count). The van der Waals surface area contributed by atoms with Crippen LogP contribution in [0.15, 0.2) is 47.1 Å². The second-order valence-electron chi connectivity index (χ2n) is 5.00. The van der Waals surface area contributed by atoms with Crippen LogP contribution in [0.25, 0.3) is 0 Å². The number of benzene rings is 1. The van der Waals surface area contributed by atoms with Crippen LogP contribution in [-0.4, -0.2) is 38.3 Å². The van der Waals surface area contributed by atoms with Gasteiger partial charge in [-0.05, 0) is 29.8 Å². The summed E-state index contributed by atoms with van der Waals surface area (Å²) in [5, 5.41) is 2.91. The molecule has 1 heterocycles. The third kappa shape index (κ3) is 5.34. The van der Waals surface area contributed by atoms with Crippen molar-refractivity contribution in [1.29, 1.82) is 0 Å². The summed E-state index contributed by atoms with van der Waals surface area (Å²) in [6.45, 7) is 1.78. The Balaban J connectivity index is 1.93. The van der Waals surface area contributed by atoms with Crippen LogP contribution < -0.4 is 10.1 Å². The van der Waals surface area contributed by atoms with E-state index in [9.17, 15) is 4.79 Å². The van der Waals surface area contributed by atoms with Crippen LogP contribution in [0.3, 0.4) is 0 Å². The molecule has 0 aliphatic carbocycles. The van der Waals surface area contributed by atoms with Gasteiger partial charge in [0.25, 0.3) is 0 Å². The summed E-state index contributed by atoms with van der Waals surface area (Å²) in [7, 11) is 3.23. The van der Waals surface area contributed by atoms with Crippen molar-refractivity contribution in [2.45, 2.75) is 13.1 Å². The highest BCUT2D eigenvalue weighted by Crippen LogP contribution is 2.12. The predicted molar refractivity (Wildman–Crippen MR) is 86.2 cm³/mol. The van der Waals surface area contributed by atoms with Gasteiger partial charge in [0.05, 0.1) is 26.5 Å². The molecule has 1 N–H and O–H groups in total. The number of methoxy groups -OCH3 is 2. The molecule has 0 atom stereocenters. The Morgan fingerprint density at radius 2 is 2.13 bits per heavy atom. The summed E-state index contributed by atoms with van der Waals surface area (Å²) in [5.74, 6) is 1.50. The first-order valence-electron chi connectivity index (χ1n) is 7.40. The number of nitrogens with one attached hydrogen (secondary N) is 1. The first-order valence-corrected chi connectivity index (χ1v) is 7.40. The Morgan fingerprint density at radius 3 is 2.83 bits per heavy atom. The minimum atomic E-state index is -0.165. The van der Waals surface area contributed by atoms with Gasteiger partial charge in [-0.2, -0.15) is 0 Å². The molecule has 0 saturated heterocycles. The van der Waals surface area contributed by atoms with E-state index in [1.807, 2.05) is 30.3 Å². The fourth-order valence-electron chi connectivity index (χ4n) is 2.12. The van der Waals surface area contributed by atoms with Crippen LogP contribution in [0.5, 0.6) is 5.75 Å². The number of furan rings is 1. The third-order valence-electron chi connectivity index (χ3n) is 3.36. The van der Waals surface area contributed by atoms with Crippen molar-refractivity contribution in [3.05, 3.63) is 54.0 Å². The van der Waals surface area contributed by atoms with Crippen molar-refractivity contribution in [3.8, 4) is 5.75 Å². The van der Waals surface area contributed by atoms with E-state index in [2.05, 4.69) is 5.32 Å². The Kier molecular flexibility index (Phi) is 6.50. The quantitative estimate of drug-likeness (QED) is 0.813. The Bertz CT molecular complexity index is 598. The molecule has 0 fully saturated rings. The van der Waals surface area contributed by atoms with E-state index in [0.717, 1.165) is 17.1 Å². The SMILES string of the molecule is COCCN(Cc1ccco1)C(=O)NCc1cccc(OC)c1. The number of urea groups is 1. The predicted octanol–water partition coefficient (Wildman–Crippen LogP) is 2.65. The van der Waals surface area contributed by atoms with Gasteiger partial charge < -0.3 is 24.1 Å². The summed E-state index contributed by atoms with van der Waals surface area (Å²) in [6.07, 6.45) is 1.60. The van der Waals surface area contributed by atoms with Crippen molar-refractivity contribution in [1.82, 2.24) is 10.2 Å². The molecular weight excluding hydrogens is 296 g/mol. The molecule has 23 heavy (non-hydrogen) atoms. The number of amides is 2. The maximum atomic E-state index is 12.4. The molecule has 2 aromatic rings. The second-order valence-corrected chi connectivity index (χ2v) is 5.00. The van der Waals surface area contributed by atoms with Gasteiger partial charge in [-0.15, -0.1) is 0 Å². The van der Waals surface area contributed by atoms with Gasteiger partial charge >= 0.3 is 6.03 Å². The average Bonchev–Trinajstić information content (AvgIpc) is 3.09. The van der Waals surface area contributed by atoms with Crippen molar-refractivity contribution >= 4 is 6.03 Å². The van der Waals surface area contributed by atoms with Crippen LogP contribution in [-0.2, 0) is 17.8 Å². The molecule has 0 spiro atoms. The maximum Gasteiger partial charge on any atom is 0.318 e. The minimum absolute atomic E-state index is 0.165. The number of hydrogen-bond donors (Lipinski definition) is 1. The topological polar surface area (TPSA) is 63.9 Å². The van der Waals surface area contributed by atoms with Crippen LogP contribution >= 0.6 is 0 Å². The molecular formula is C17H22N2O4. The van der Waals surface area contributed by atoms with Crippen molar-refractivity contribution in [2.24, 2.45) is 0 Å². The van der Waals surface area contributed by atoms with E-state index >= 15 is 0 Å². The van der Waals surface area contributed by atoms with Crippen molar-refractivity contribution in [3.63, 3.8) is 0 Å². The number of carbonyl (C=O) groups is 1. The standard InChI is InChI=1S/C17H22N2O4/c1-21-10-8-19(13-16-7-4-9-23-16)17(20)18-12-14-5-3-6-15(11-14)22-2/h3-7,9,11H,8,10,12-13H2,1-2H3,(H,18,20). The van der Waals surface area contributed by atoms with Crippen LogP contribution in [0.1, 0.15) is 11.3 Å². The highest BCUT2D eigenvalue weighted by atomic mass is 16.5.